The summed E-state index contributed by atoms with van der Waals surface area (Å²) in [5.41, 5.74) is 0. The van der Waals surface area contributed by atoms with Crippen LogP contribution in [-0.2, 0) is 9.59 Å². The first kappa shape index (κ1) is 16.0. The molecular weight excluding hydrogens is 242 g/mol. The standard InChI is InChI=1S/C15H27NO3/c1-4-11-8-12(13(9-11)15(18)19)14(17)16-7-5-6-10(2)3/h10-13H,4-9H2,1-3H3,(H,16,17)(H,18,19). The summed E-state index contributed by atoms with van der Waals surface area (Å²) in [5.74, 6) is -0.686. The van der Waals surface area contributed by atoms with Gasteiger partial charge in [0.1, 0.15) is 0 Å². The van der Waals surface area contributed by atoms with Crippen molar-refractivity contribution in [2.75, 3.05) is 6.54 Å². The van der Waals surface area contributed by atoms with Gasteiger partial charge in [0.2, 0.25) is 5.91 Å². The Labute approximate surface area is 116 Å². The normalized spacial score (nSPS) is 26.6. The van der Waals surface area contributed by atoms with Crippen molar-refractivity contribution in [3.05, 3.63) is 0 Å². The minimum absolute atomic E-state index is 0.0629. The van der Waals surface area contributed by atoms with Crippen LogP contribution >= 0.6 is 0 Å². The molecule has 4 heteroatoms. The number of carboxylic acids is 1. The zero-order chi connectivity index (χ0) is 14.4. The van der Waals surface area contributed by atoms with Crippen LogP contribution in [0.3, 0.4) is 0 Å². The first-order chi connectivity index (χ1) is 8.95. The Morgan fingerprint density at radius 2 is 1.89 bits per heavy atom. The summed E-state index contributed by atoms with van der Waals surface area (Å²) >= 11 is 0. The van der Waals surface area contributed by atoms with E-state index in [1.165, 1.54) is 0 Å². The van der Waals surface area contributed by atoms with Crippen molar-refractivity contribution in [1.29, 1.82) is 0 Å². The number of rotatable bonds is 7. The molecule has 0 radical (unpaired) electrons. The number of carbonyl (C=O) groups is 2. The van der Waals surface area contributed by atoms with Crippen molar-refractivity contribution in [1.82, 2.24) is 5.32 Å². The summed E-state index contributed by atoms with van der Waals surface area (Å²) in [6.45, 7) is 7.04. The van der Waals surface area contributed by atoms with Gasteiger partial charge < -0.3 is 10.4 Å². The van der Waals surface area contributed by atoms with Crippen LogP contribution in [0.5, 0.6) is 0 Å². The Kier molecular flexibility index (Phi) is 6.32. The van der Waals surface area contributed by atoms with Gasteiger partial charge >= 0.3 is 5.97 Å². The van der Waals surface area contributed by atoms with Gasteiger partial charge in [-0.25, -0.2) is 0 Å². The lowest BCUT2D eigenvalue weighted by Gasteiger charge is -2.15. The molecule has 2 N–H and O–H groups in total. The maximum absolute atomic E-state index is 12.1. The van der Waals surface area contributed by atoms with Crippen LogP contribution in [0.4, 0.5) is 0 Å². The van der Waals surface area contributed by atoms with E-state index in [0.717, 1.165) is 25.7 Å². The Morgan fingerprint density at radius 1 is 1.26 bits per heavy atom. The van der Waals surface area contributed by atoms with Crippen LogP contribution in [0, 0.1) is 23.7 Å². The van der Waals surface area contributed by atoms with E-state index in [0.29, 0.717) is 24.8 Å². The van der Waals surface area contributed by atoms with Crippen LogP contribution < -0.4 is 5.32 Å². The smallest absolute Gasteiger partial charge is 0.307 e. The summed E-state index contributed by atoms with van der Waals surface area (Å²) in [6.07, 6.45) is 4.39. The van der Waals surface area contributed by atoms with E-state index in [-0.39, 0.29) is 11.8 Å². The van der Waals surface area contributed by atoms with E-state index in [1.54, 1.807) is 0 Å². The van der Waals surface area contributed by atoms with Gasteiger partial charge in [0.05, 0.1) is 11.8 Å². The lowest BCUT2D eigenvalue weighted by molar-refractivity contribution is -0.146. The molecule has 4 nitrogen and oxygen atoms in total. The van der Waals surface area contributed by atoms with Crippen molar-refractivity contribution < 1.29 is 14.7 Å². The van der Waals surface area contributed by atoms with Crippen molar-refractivity contribution in [2.45, 2.75) is 52.9 Å². The highest BCUT2D eigenvalue weighted by atomic mass is 16.4. The minimum atomic E-state index is -0.821. The fourth-order valence-electron chi connectivity index (χ4n) is 2.89. The summed E-state index contributed by atoms with van der Waals surface area (Å²) in [5, 5.41) is 12.1. The predicted molar refractivity (Wildman–Crippen MR) is 74.7 cm³/mol. The summed E-state index contributed by atoms with van der Waals surface area (Å²) < 4.78 is 0. The van der Waals surface area contributed by atoms with Crippen LogP contribution in [0.25, 0.3) is 0 Å². The maximum Gasteiger partial charge on any atom is 0.307 e. The monoisotopic (exact) mass is 269 g/mol. The molecule has 1 aliphatic carbocycles. The van der Waals surface area contributed by atoms with E-state index in [4.69, 9.17) is 0 Å². The third-order valence-electron chi connectivity index (χ3n) is 4.15. The molecule has 0 aliphatic heterocycles. The molecule has 0 aromatic carbocycles. The van der Waals surface area contributed by atoms with Gasteiger partial charge in [0.25, 0.3) is 0 Å². The molecule has 19 heavy (non-hydrogen) atoms. The molecule has 0 heterocycles. The summed E-state index contributed by atoms with van der Waals surface area (Å²) in [4.78, 5) is 23.3. The largest absolute Gasteiger partial charge is 0.481 e. The van der Waals surface area contributed by atoms with Crippen molar-refractivity contribution in [3.8, 4) is 0 Å². The first-order valence-electron chi connectivity index (χ1n) is 7.46. The highest BCUT2D eigenvalue weighted by Crippen LogP contribution is 2.38. The zero-order valence-corrected chi connectivity index (χ0v) is 12.3. The van der Waals surface area contributed by atoms with Crippen LogP contribution in [0.15, 0.2) is 0 Å². The van der Waals surface area contributed by atoms with E-state index in [1.807, 2.05) is 0 Å². The van der Waals surface area contributed by atoms with Gasteiger partial charge in [-0.15, -0.1) is 0 Å². The highest BCUT2D eigenvalue weighted by Gasteiger charge is 2.41. The van der Waals surface area contributed by atoms with E-state index in [2.05, 4.69) is 26.1 Å². The molecule has 0 saturated heterocycles. The van der Waals surface area contributed by atoms with Crippen LogP contribution in [0.1, 0.15) is 52.9 Å². The lowest BCUT2D eigenvalue weighted by Crippen LogP contribution is -2.35. The fourth-order valence-corrected chi connectivity index (χ4v) is 2.89. The molecule has 3 unspecified atom stereocenters. The van der Waals surface area contributed by atoms with Crippen molar-refractivity contribution >= 4 is 11.9 Å². The molecular formula is C15H27NO3. The molecule has 3 atom stereocenters. The number of aliphatic carboxylic acids is 1. The van der Waals surface area contributed by atoms with E-state index < -0.39 is 11.9 Å². The molecule has 1 rings (SSSR count). The summed E-state index contributed by atoms with van der Waals surface area (Å²) in [6, 6.07) is 0. The Balaban J connectivity index is 2.43. The molecule has 0 aromatic heterocycles. The quantitative estimate of drug-likeness (QED) is 0.698. The van der Waals surface area contributed by atoms with Gasteiger partial charge in [-0.05, 0) is 37.5 Å². The lowest BCUT2D eigenvalue weighted by atomic mass is 9.95. The zero-order valence-electron chi connectivity index (χ0n) is 12.3. The fraction of sp³-hybridized carbons (Fsp3) is 0.867. The average Bonchev–Trinajstić information content (AvgIpc) is 2.78. The van der Waals surface area contributed by atoms with Crippen molar-refractivity contribution in [3.63, 3.8) is 0 Å². The second-order valence-corrected chi connectivity index (χ2v) is 6.12. The van der Waals surface area contributed by atoms with Crippen molar-refractivity contribution in [2.24, 2.45) is 23.7 Å². The molecule has 110 valence electrons. The number of nitrogens with one attached hydrogen (secondary N) is 1. The Morgan fingerprint density at radius 3 is 2.42 bits per heavy atom. The van der Waals surface area contributed by atoms with Gasteiger partial charge in [0.15, 0.2) is 0 Å². The molecule has 1 saturated carbocycles. The Hall–Kier alpha value is -1.06. The Bertz CT molecular complexity index is 315. The highest BCUT2D eigenvalue weighted by molar-refractivity contribution is 5.85. The molecule has 0 bridgehead atoms. The number of hydrogen-bond donors (Lipinski definition) is 2. The predicted octanol–water partition coefficient (Wildman–Crippen LogP) is 2.68. The number of carbonyl (C=O) groups excluding carboxylic acids is 1. The van der Waals surface area contributed by atoms with E-state index >= 15 is 0 Å². The molecule has 1 fully saturated rings. The topological polar surface area (TPSA) is 66.4 Å². The number of carboxylic acid groups (broad SMARTS) is 1. The first-order valence-corrected chi connectivity index (χ1v) is 7.46. The third kappa shape index (κ3) is 4.84. The van der Waals surface area contributed by atoms with Crippen LogP contribution in [-0.4, -0.2) is 23.5 Å². The molecule has 0 spiro atoms. The number of hydrogen-bond acceptors (Lipinski definition) is 2. The minimum Gasteiger partial charge on any atom is -0.481 e. The SMILES string of the molecule is CCC1CC(C(=O)O)C(C(=O)NCCCC(C)C)C1. The molecule has 1 aliphatic rings. The summed E-state index contributed by atoms with van der Waals surface area (Å²) in [7, 11) is 0. The maximum atomic E-state index is 12.1. The third-order valence-corrected chi connectivity index (χ3v) is 4.15. The van der Waals surface area contributed by atoms with Gasteiger partial charge in [0, 0.05) is 6.54 Å². The molecule has 1 amide bonds. The van der Waals surface area contributed by atoms with Gasteiger partial charge in [-0.3, -0.25) is 9.59 Å². The molecule has 0 aromatic rings. The number of amides is 1. The van der Waals surface area contributed by atoms with Gasteiger partial charge in [-0.1, -0.05) is 27.2 Å². The van der Waals surface area contributed by atoms with Gasteiger partial charge in [-0.2, -0.15) is 0 Å². The second kappa shape index (κ2) is 7.51. The van der Waals surface area contributed by atoms with E-state index in [9.17, 15) is 14.7 Å². The second-order valence-electron chi connectivity index (χ2n) is 6.12. The van der Waals surface area contributed by atoms with Crippen LogP contribution in [0.2, 0.25) is 0 Å². The average molecular weight is 269 g/mol.